The van der Waals surface area contributed by atoms with E-state index in [9.17, 15) is 9.59 Å². The molecule has 0 unspecified atom stereocenters. The Labute approximate surface area is 163 Å². The van der Waals surface area contributed by atoms with Gasteiger partial charge in [0, 0.05) is 25.1 Å². The molecule has 0 aromatic carbocycles. The van der Waals surface area contributed by atoms with E-state index >= 15 is 0 Å². The summed E-state index contributed by atoms with van der Waals surface area (Å²) in [5.41, 5.74) is 3.07. The minimum atomic E-state index is -0.677. The Kier molecular flexibility index (Phi) is 5.07. The van der Waals surface area contributed by atoms with Crippen molar-refractivity contribution in [3.63, 3.8) is 0 Å². The summed E-state index contributed by atoms with van der Waals surface area (Å²) >= 11 is 0. The van der Waals surface area contributed by atoms with Crippen molar-refractivity contribution in [1.82, 2.24) is 19.5 Å². The van der Waals surface area contributed by atoms with E-state index in [1.807, 2.05) is 17.4 Å². The topological polar surface area (TPSA) is 81.5 Å². The minimum absolute atomic E-state index is 0.187. The van der Waals surface area contributed by atoms with Gasteiger partial charge in [0.1, 0.15) is 17.4 Å². The molecule has 1 amide bonds. The lowest BCUT2D eigenvalue weighted by Gasteiger charge is -2.17. The van der Waals surface area contributed by atoms with Gasteiger partial charge in [0.15, 0.2) is 5.58 Å². The first kappa shape index (κ1) is 18.5. The van der Waals surface area contributed by atoms with Crippen LogP contribution in [0, 0.1) is 0 Å². The van der Waals surface area contributed by atoms with Crippen molar-refractivity contribution in [2.75, 3.05) is 6.54 Å². The fourth-order valence-electron chi connectivity index (χ4n) is 3.92. The number of nitrogens with one attached hydrogen (secondary N) is 1. The first-order chi connectivity index (χ1) is 13.6. The van der Waals surface area contributed by atoms with Crippen LogP contribution < -0.4 is 10.9 Å². The van der Waals surface area contributed by atoms with Gasteiger partial charge in [-0.2, -0.15) is 5.10 Å². The average molecular weight is 382 g/mol. The summed E-state index contributed by atoms with van der Waals surface area (Å²) in [6, 6.07) is 2.86. The lowest BCUT2D eigenvalue weighted by atomic mass is 9.97. The average Bonchev–Trinajstić information content (AvgIpc) is 3.31. The maximum Gasteiger partial charge on any atom is 0.291 e. The van der Waals surface area contributed by atoms with Crippen LogP contribution in [0.2, 0.25) is 0 Å². The van der Waals surface area contributed by atoms with Gasteiger partial charge in [-0.3, -0.25) is 14.0 Å². The van der Waals surface area contributed by atoms with Crippen molar-refractivity contribution in [2.24, 2.45) is 0 Å². The number of nitrogens with zero attached hydrogens (tertiary/aromatic N) is 3. The second kappa shape index (κ2) is 7.66. The van der Waals surface area contributed by atoms with Gasteiger partial charge < -0.3 is 9.73 Å². The van der Waals surface area contributed by atoms with Gasteiger partial charge >= 0.3 is 0 Å². The Morgan fingerprint density at radius 2 is 2.21 bits per heavy atom. The molecule has 7 heteroatoms. The molecule has 7 nitrogen and oxygen atoms in total. The van der Waals surface area contributed by atoms with Crippen molar-refractivity contribution in [2.45, 2.75) is 58.4 Å². The molecule has 1 aliphatic carbocycles. The number of aryl methyl sites for hydroxylation is 1. The third kappa shape index (κ3) is 3.25. The largest absolute Gasteiger partial charge is 0.463 e. The van der Waals surface area contributed by atoms with Crippen LogP contribution in [0.4, 0.5) is 0 Å². The van der Waals surface area contributed by atoms with Crippen LogP contribution >= 0.6 is 0 Å². The summed E-state index contributed by atoms with van der Waals surface area (Å²) in [7, 11) is 0. The maximum absolute atomic E-state index is 13.0. The highest BCUT2D eigenvalue weighted by Gasteiger charge is 2.22. The smallest absolute Gasteiger partial charge is 0.291 e. The van der Waals surface area contributed by atoms with E-state index in [0.717, 1.165) is 30.6 Å². The molecule has 0 saturated carbocycles. The van der Waals surface area contributed by atoms with Crippen molar-refractivity contribution in [3.05, 3.63) is 46.2 Å². The number of aromatic nitrogens is 3. The summed E-state index contributed by atoms with van der Waals surface area (Å²) in [4.78, 5) is 25.6. The van der Waals surface area contributed by atoms with Crippen LogP contribution in [0.15, 0.2) is 39.3 Å². The SMILES string of the molecule is CCc1nn([C@@H](C)C(=O)NCCC2=CCCCC2)c(=O)c2cc3occc3n12. The molecule has 3 aromatic rings. The monoisotopic (exact) mass is 382 g/mol. The zero-order valence-electron chi connectivity index (χ0n) is 16.4. The van der Waals surface area contributed by atoms with Crippen LogP contribution in [0.5, 0.6) is 0 Å². The molecule has 0 fully saturated rings. The van der Waals surface area contributed by atoms with E-state index in [0.29, 0.717) is 24.1 Å². The molecule has 0 saturated heterocycles. The summed E-state index contributed by atoms with van der Waals surface area (Å²) in [5.74, 6) is 0.533. The molecule has 0 spiro atoms. The summed E-state index contributed by atoms with van der Waals surface area (Å²) in [5, 5.41) is 7.45. The molecule has 3 aromatic heterocycles. The van der Waals surface area contributed by atoms with Crippen LogP contribution in [-0.2, 0) is 11.2 Å². The van der Waals surface area contributed by atoms with Gasteiger partial charge in [-0.15, -0.1) is 0 Å². The fraction of sp³-hybridized carbons (Fsp3) is 0.476. The minimum Gasteiger partial charge on any atom is -0.463 e. The molecular formula is C21H26N4O3. The Bertz CT molecular complexity index is 1100. The molecule has 0 aliphatic heterocycles. The van der Waals surface area contributed by atoms with E-state index in [1.165, 1.54) is 23.1 Å². The van der Waals surface area contributed by atoms with Crippen LogP contribution in [0.1, 0.15) is 57.8 Å². The van der Waals surface area contributed by atoms with Gasteiger partial charge in [0.25, 0.3) is 5.56 Å². The number of fused-ring (bicyclic) bond motifs is 3. The van der Waals surface area contributed by atoms with E-state index in [1.54, 1.807) is 19.3 Å². The van der Waals surface area contributed by atoms with Crippen molar-refractivity contribution < 1.29 is 9.21 Å². The number of carbonyl (C=O) groups excluding carboxylic acids is 1. The van der Waals surface area contributed by atoms with E-state index in [4.69, 9.17) is 4.42 Å². The zero-order valence-corrected chi connectivity index (χ0v) is 16.4. The van der Waals surface area contributed by atoms with Gasteiger partial charge in [0.05, 0.1) is 11.8 Å². The number of furan rings is 1. The molecule has 0 bridgehead atoms. The van der Waals surface area contributed by atoms with Gasteiger partial charge in [-0.25, -0.2) is 4.68 Å². The number of rotatable bonds is 6. The van der Waals surface area contributed by atoms with Crippen molar-refractivity contribution >= 4 is 22.5 Å². The Hall–Kier alpha value is -2.83. The van der Waals surface area contributed by atoms with E-state index in [-0.39, 0.29) is 11.5 Å². The van der Waals surface area contributed by atoms with Crippen LogP contribution in [0.3, 0.4) is 0 Å². The Morgan fingerprint density at radius 1 is 1.36 bits per heavy atom. The van der Waals surface area contributed by atoms with E-state index in [2.05, 4.69) is 16.5 Å². The first-order valence-corrected chi connectivity index (χ1v) is 10.1. The summed E-state index contributed by atoms with van der Waals surface area (Å²) in [6.45, 7) is 4.28. The standard InChI is InChI=1S/C21H26N4O3/c1-3-19-23-25(21(27)17-13-18-16(24(17)19)10-12-28-18)14(2)20(26)22-11-9-15-7-5-4-6-8-15/h7,10,12-14H,3-6,8-9,11H2,1-2H3,(H,22,26)/t14-/m0/s1. The molecule has 3 heterocycles. The zero-order chi connectivity index (χ0) is 19.7. The summed E-state index contributed by atoms with van der Waals surface area (Å²) in [6.07, 6.45) is 10.1. The van der Waals surface area contributed by atoms with Crippen LogP contribution in [-0.4, -0.2) is 26.6 Å². The number of hydrogen-bond donors (Lipinski definition) is 1. The number of hydrogen-bond acceptors (Lipinski definition) is 4. The number of amides is 1. The molecule has 4 rings (SSSR count). The molecule has 148 valence electrons. The van der Waals surface area contributed by atoms with E-state index < -0.39 is 6.04 Å². The Morgan fingerprint density at radius 3 is 2.96 bits per heavy atom. The maximum atomic E-state index is 13.0. The first-order valence-electron chi connectivity index (χ1n) is 10.1. The fourth-order valence-corrected chi connectivity index (χ4v) is 3.92. The second-order valence-corrected chi connectivity index (χ2v) is 7.38. The molecule has 0 radical (unpaired) electrons. The normalized spacial score (nSPS) is 15.7. The Balaban J connectivity index is 1.57. The highest BCUT2D eigenvalue weighted by Crippen LogP contribution is 2.21. The quantitative estimate of drug-likeness (QED) is 0.663. The second-order valence-electron chi connectivity index (χ2n) is 7.38. The molecular weight excluding hydrogens is 356 g/mol. The van der Waals surface area contributed by atoms with Crippen LogP contribution in [0.25, 0.3) is 16.6 Å². The molecule has 1 aliphatic rings. The lowest BCUT2D eigenvalue weighted by molar-refractivity contribution is -0.124. The third-order valence-corrected chi connectivity index (χ3v) is 5.52. The molecule has 28 heavy (non-hydrogen) atoms. The third-order valence-electron chi connectivity index (χ3n) is 5.52. The highest BCUT2D eigenvalue weighted by atomic mass is 16.3. The number of carbonyl (C=O) groups is 1. The molecule has 1 N–H and O–H groups in total. The van der Waals surface area contributed by atoms with Gasteiger partial charge in [-0.1, -0.05) is 18.6 Å². The predicted octanol–water partition coefficient (Wildman–Crippen LogP) is 3.37. The van der Waals surface area contributed by atoms with Gasteiger partial charge in [0.2, 0.25) is 5.91 Å². The van der Waals surface area contributed by atoms with Crippen molar-refractivity contribution in [1.29, 1.82) is 0 Å². The molecule has 1 atom stereocenters. The lowest BCUT2D eigenvalue weighted by Crippen LogP contribution is -2.38. The highest BCUT2D eigenvalue weighted by molar-refractivity contribution is 5.83. The van der Waals surface area contributed by atoms with Gasteiger partial charge in [-0.05, 0) is 39.0 Å². The van der Waals surface area contributed by atoms with Crippen molar-refractivity contribution in [3.8, 4) is 0 Å². The predicted molar refractivity (Wildman–Crippen MR) is 107 cm³/mol. The summed E-state index contributed by atoms with van der Waals surface area (Å²) < 4.78 is 8.55. The number of allylic oxidation sites excluding steroid dienone is 1.